The van der Waals surface area contributed by atoms with E-state index in [0.717, 1.165) is 11.1 Å². The summed E-state index contributed by atoms with van der Waals surface area (Å²) in [7, 11) is -3.77. The van der Waals surface area contributed by atoms with Crippen LogP contribution in [-0.2, 0) is 21.2 Å². The number of amides is 1. The molecule has 2 aliphatic heterocycles. The largest absolute Gasteiger partial charge is 0.370 e. The highest BCUT2D eigenvalue weighted by Crippen LogP contribution is 2.33. The summed E-state index contributed by atoms with van der Waals surface area (Å²) in [5, 5.41) is 0.640. The molecule has 0 saturated carbocycles. The second-order valence-corrected chi connectivity index (χ2v) is 10.4. The van der Waals surface area contributed by atoms with Gasteiger partial charge >= 0.3 is 0 Å². The summed E-state index contributed by atoms with van der Waals surface area (Å²) < 4.78 is 34.1. The summed E-state index contributed by atoms with van der Waals surface area (Å²) in [4.78, 5) is 15.1. The second kappa shape index (κ2) is 8.82. The summed E-state index contributed by atoms with van der Waals surface area (Å²) in [5.41, 5.74) is 3.00. The highest BCUT2D eigenvalue weighted by Gasteiger charge is 2.32. The zero-order valence-electron chi connectivity index (χ0n) is 17.9. The van der Waals surface area contributed by atoms with E-state index >= 15 is 0 Å². The molecule has 0 radical (unpaired) electrons. The fourth-order valence-electron chi connectivity index (χ4n) is 4.37. The Morgan fingerprint density at radius 3 is 2.58 bits per heavy atom. The molecule has 0 spiro atoms. The summed E-state index contributed by atoms with van der Waals surface area (Å²) in [6.07, 6.45) is 0.418. The van der Waals surface area contributed by atoms with Gasteiger partial charge in [0, 0.05) is 23.7 Å². The van der Waals surface area contributed by atoms with Crippen LogP contribution in [0.5, 0.6) is 0 Å². The minimum absolute atomic E-state index is 0.118. The standard InChI is InChI=1S/C25H23ClN2O4S/c26-21-10-8-19(9-11-21)24-17-27(14-15-32-24)25(29)20-5-3-6-22(16-20)33(30,31)28-13-12-18-4-1-2-7-23(18)28/h1-11,16,24H,12-15,17H2. The van der Waals surface area contributed by atoms with Gasteiger partial charge in [0.15, 0.2) is 0 Å². The highest BCUT2D eigenvalue weighted by atomic mass is 35.5. The lowest BCUT2D eigenvalue weighted by atomic mass is 10.1. The van der Waals surface area contributed by atoms with E-state index in [9.17, 15) is 13.2 Å². The zero-order valence-corrected chi connectivity index (χ0v) is 19.4. The molecule has 3 aromatic carbocycles. The van der Waals surface area contributed by atoms with Crippen molar-refractivity contribution in [1.82, 2.24) is 4.90 Å². The topological polar surface area (TPSA) is 66.9 Å². The van der Waals surface area contributed by atoms with E-state index in [1.165, 1.54) is 10.4 Å². The molecule has 2 heterocycles. The van der Waals surface area contributed by atoms with Crippen molar-refractivity contribution in [2.75, 3.05) is 30.5 Å². The number of sulfonamides is 1. The van der Waals surface area contributed by atoms with E-state index in [1.807, 2.05) is 36.4 Å². The number of anilines is 1. The van der Waals surface area contributed by atoms with Crippen molar-refractivity contribution in [2.24, 2.45) is 0 Å². The van der Waals surface area contributed by atoms with Crippen LogP contribution in [0.1, 0.15) is 27.6 Å². The average molecular weight is 483 g/mol. The van der Waals surface area contributed by atoms with Gasteiger partial charge in [-0.3, -0.25) is 9.10 Å². The summed E-state index contributed by atoms with van der Waals surface area (Å²) in [6.45, 7) is 1.63. The molecule has 1 atom stereocenters. The van der Waals surface area contributed by atoms with Crippen LogP contribution >= 0.6 is 11.6 Å². The Morgan fingerprint density at radius 1 is 0.970 bits per heavy atom. The number of ether oxygens (including phenoxy) is 1. The summed E-state index contributed by atoms with van der Waals surface area (Å²) in [5.74, 6) is -0.212. The third-order valence-electron chi connectivity index (χ3n) is 6.11. The predicted octanol–water partition coefficient (Wildman–Crippen LogP) is 4.31. The highest BCUT2D eigenvalue weighted by molar-refractivity contribution is 7.92. The molecule has 0 N–H and O–H groups in total. The number of benzene rings is 3. The summed E-state index contributed by atoms with van der Waals surface area (Å²) >= 11 is 5.98. The van der Waals surface area contributed by atoms with Gasteiger partial charge in [-0.2, -0.15) is 0 Å². The molecule has 0 aliphatic carbocycles. The van der Waals surface area contributed by atoms with Gasteiger partial charge in [-0.15, -0.1) is 0 Å². The maximum atomic E-state index is 13.4. The molecule has 0 aromatic heterocycles. The van der Waals surface area contributed by atoms with Crippen LogP contribution in [0, 0.1) is 0 Å². The Balaban J connectivity index is 1.38. The van der Waals surface area contributed by atoms with Crippen LogP contribution < -0.4 is 4.31 Å². The van der Waals surface area contributed by atoms with Crippen LogP contribution in [0.3, 0.4) is 0 Å². The first-order valence-electron chi connectivity index (χ1n) is 10.8. The Labute approximate surface area is 198 Å². The smallest absolute Gasteiger partial charge is 0.264 e. The van der Waals surface area contributed by atoms with Crippen molar-refractivity contribution in [3.05, 3.63) is 94.5 Å². The van der Waals surface area contributed by atoms with E-state index in [-0.39, 0.29) is 16.9 Å². The third-order valence-corrected chi connectivity index (χ3v) is 8.17. The van der Waals surface area contributed by atoms with Crippen molar-refractivity contribution in [1.29, 1.82) is 0 Å². The van der Waals surface area contributed by atoms with Gasteiger partial charge < -0.3 is 9.64 Å². The molecule has 170 valence electrons. The molecular weight excluding hydrogens is 460 g/mol. The maximum Gasteiger partial charge on any atom is 0.264 e. The van der Waals surface area contributed by atoms with Crippen LogP contribution in [-0.4, -0.2) is 45.5 Å². The number of hydrogen-bond acceptors (Lipinski definition) is 4. The number of fused-ring (bicyclic) bond motifs is 1. The molecule has 1 unspecified atom stereocenters. The van der Waals surface area contributed by atoms with Crippen LogP contribution in [0.25, 0.3) is 0 Å². The fraction of sp³-hybridized carbons (Fsp3) is 0.240. The minimum atomic E-state index is -3.77. The molecular formula is C25H23ClN2O4S. The molecule has 5 rings (SSSR count). The number of hydrogen-bond donors (Lipinski definition) is 0. The molecule has 1 fully saturated rings. The van der Waals surface area contributed by atoms with Crippen LogP contribution in [0.15, 0.2) is 77.7 Å². The molecule has 1 saturated heterocycles. The van der Waals surface area contributed by atoms with Gasteiger partial charge in [-0.05, 0) is 53.9 Å². The summed E-state index contributed by atoms with van der Waals surface area (Å²) in [6, 6.07) is 21.2. The Morgan fingerprint density at radius 2 is 1.76 bits per heavy atom. The number of nitrogens with zero attached hydrogens (tertiary/aromatic N) is 2. The Bertz CT molecular complexity index is 1290. The first-order valence-corrected chi connectivity index (χ1v) is 12.6. The van der Waals surface area contributed by atoms with E-state index in [0.29, 0.717) is 48.9 Å². The van der Waals surface area contributed by atoms with Gasteiger partial charge in [0.25, 0.3) is 15.9 Å². The lowest BCUT2D eigenvalue weighted by Crippen LogP contribution is -2.42. The van der Waals surface area contributed by atoms with Gasteiger partial charge in [-0.25, -0.2) is 8.42 Å². The molecule has 3 aromatic rings. The number of halogens is 1. The minimum Gasteiger partial charge on any atom is -0.370 e. The SMILES string of the molecule is O=C(c1cccc(S(=O)(=O)N2CCc3ccccc32)c1)N1CCOC(c2ccc(Cl)cc2)C1. The van der Waals surface area contributed by atoms with Crippen molar-refractivity contribution in [3.63, 3.8) is 0 Å². The normalized spacial score (nSPS) is 18.3. The number of carbonyl (C=O) groups is 1. The van der Waals surface area contributed by atoms with Crippen molar-refractivity contribution >= 4 is 33.2 Å². The van der Waals surface area contributed by atoms with Gasteiger partial charge in [-0.1, -0.05) is 48.0 Å². The number of carbonyl (C=O) groups excluding carboxylic acids is 1. The lowest BCUT2D eigenvalue weighted by molar-refractivity contribution is -0.0228. The molecule has 2 aliphatic rings. The average Bonchev–Trinajstić information content (AvgIpc) is 3.29. The zero-order chi connectivity index (χ0) is 23.0. The van der Waals surface area contributed by atoms with E-state index < -0.39 is 10.0 Å². The number of morpholine rings is 1. The third kappa shape index (κ3) is 4.24. The molecule has 6 nitrogen and oxygen atoms in total. The molecule has 8 heteroatoms. The predicted molar refractivity (Wildman–Crippen MR) is 127 cm³/mol. The van der Waals surface area contributed by atoms with Crippen molar-refractivity contribution in [2.45, 2.75) is 17.4 Å². The van der Waals surface area contributed by atoms with Gasteiger partial charge in [0.1, 0.15) is 6.10 Å². The second-order valence-electron chi connectivity index (χ2n) is 8.15. The first-order chi connectivity index (χ1) is 15.9. The molecule has 1 amide bonds. The monoisotopic (exact) mass is 482 g/mol. The Hall–Kier alpha value is -2.87. The molecule has 33 heavy (non-hydrogen) atoms. The van der Waals surface area contributed by atoms with Crippen LogP contribution in [0.2, 0.25) is 5.02 Å². The van der Waals surface area contributed by atoms with Crippen molar-refractivity contribution < 1.29 is 17.9 Å². The van der Waals surface area contributed by atoms with Gasteiger partial charge in [0.05, 0.1) is 23.7 Å². The quantitative estimate of drug-likeness (QED) is 0.556. The number of para-hydroxylation sites is 1. The fourth-order valence-corrected chi connectivity index (χ4v) is 6.05. The lowest BCUT2D eigenvalue weighted by Gasteiger charge is -2.33. The Kier molecular flexibility index (Phi) is 5.86. The van der Waals surface area contributed by atoms with Gasteiger partial charge in [0.2, 0.25) is 0 Å². The van der Waals surface area contributed by atoms with E-state index in [2.05, 4.69) is 0 Å². The van der Waals surface area contributed by atoms with E-state index in [4.69, 9.17) is 16.3 Å². The van der Waals surface area contributed by atoms with E-state index in [1.54, 1.807) is 35.2 Å². The van der Waals surface area contributed by atoms with Crippen LogP contribution in [0.4, 0.5) is 5.69 Å². The van der Waals surface area contributed by atoms with Crippen molar-refractivity contribution in [3.8, 4) is 0 Å². The number of rotatable bonds is 4. The maximum absolute atomic E-state index is 13.4. The first kappa shape index (κ1) is 21.9. The molecule has 0 bridgehead atoms.